The Balaban J connectivity index is 1.57. The second-order valence-corrected chi connectivity index (χ2v) is 7.99. The third-order valence-electron chi connectivity index (χ3n) is 5.19. The van der Waals surface area contributed by atoms with Crippen molar-refractivity contribution < 1.29 is 14.7 Å². The highest BCUT2D eigenvalue weighted by Gasteiger charge is 2.12. The van der Waals surface area contributed by atoms with E-state index in [1.165, 1.54) is 0 Å². The van der Waals surface area contributed by atoms with Gasteiger partial charge in [0.2, 0.25) is 0 Å². The maximum Gasteiger partial charge on any atom is 0.335 e. The number of rotatable bonds is 10. The Labute approximate surface area is 193 Å². The minimum absolute atomic E-state index is 0.151. The lowest BCUT2D eigenvalue weighted by Gasteiger charge is -2.13. The van der Waals surface area contributed by atoms with Crippen LogP contribution in [0.15, 0.2) is 66.7 Å². The quantitative estimate of drug-likeness (QED) is 0.336. The number of amides is 1. The van der Waals surface area contributed by atoms with E-state index in [-0.39, 0.29) is 11.5 Å². The van der Waals surface area contributed by atoms with Crippen LogP contribution in [0.5, 0.6) is 0 Å². The highest BCUT2D eigenvalue weighted by molar-refractivity contribution is 6.31. The molecule has 0 aromatic heterocycles. The Morgan fingerprint density at radius 3 is 2.19 bits per heavy atom. The van der Waals surface area contributed by atoms with E-state index in [1.807, 2.05) is 30.3 Å². The lowest BCUT2D eigenvalue weighted by Crippen LogP contribution is -2.26. The molecule has 32 heavy (non-hydrogen) atoms. The van der Waals surface area contributed by atoms with Crippen molar-refractivity contribution in [3.05, 3.63) is 88.4 Å². The standard InChI is InChI=1S/C26H27ClN2O3/c1-2-3-15-28-24-13-12-22(27)17-23(24)25(30)29-16-14-18-4-6-19(7-5-18)20-8-10-21(11-9-20)26(31)32/h4-13,17,28H,2-3,14-16H2,1H3,(H,29,30)(H,31,32). The monoisotopic (exact) mass is 450 g/mol. The lowest BCUT2D eigenvalue weighted by atomic mass is 10.0. The Morgan fingerprint density at radius 2 is 1.56 bits per heavy atom. The number of aromatic carboxylic acids is 1. The van der Waals surface area contributed by atoms with Crippen LogP contribution in [-0.2, 0) is 6.42 Å². The molecule has 0 heterocycles. The fraction of sp³-hybridized carbons (Fsp3) is 0.231. The van der Waals surface area contributed by atoms with E-state index < -0.39 is 5.97 Å². The predicted molar refractivity (Wildman–Crippen MR) is 130 cm³/mol. The molecule has 0 saturated heterocycles. The summed E-state index contributed by atoms with van der Waals surface area (Å²) in [5.74, 6) is -1.09. The van der Waals surface area contributed by atoms with E-state index in [0.29, 0.717) is 23.6 Å². The number of unbranched alkanes of at least 4 members (excludes halogenated alkanes) is 1. The van der Waals surface area contributed by atoms with Gasteiger partial charge in [-0.05, 0) is 59.9 Å². The first-order valence-electron chi connectivity index (χ1n) is 10.7. The van der Waals surface area contributed by atoms with Crippen molar-refractivity contribution in [2.24, 2.45) is 0 Å². The van der Waals surface area contributed by atoms with Gasteiger partial charge in [0.25, 0.3) is 5.91 Å². The second kappa shape index (κ2) is 11.3. The summed E-state index contributed by atoms with van der Waals surface area (Å²) in [6, 6.07) is 20.1. The number of carbonyl (C=O) groups is 2. The second-order valence-electron chi connectivity index (χ2n) is 7.56. The van der Waals surface area contributed by atoms with Crippen molar-refractivity contribution in [1.82, 2.24) is 5.32 Å². The number of anilines is 1. The molecule has 3 N–H and O–H groups in total. The summed E-state index contributed by atoms with van der Waals surface area (Å²) in [5, 5.41) is 15.8. The summed E-state index contributed by atoms with van der Waals surface area (Å²) in [6.07, 6.45) is 2.81. The number of carboxylic acids is 1. The van der Waals surface area contributed by atoms with Gasteiger partial charge in [0.1, 0.15) is 0 Å². The molecule has 3 aromatic rings. The molecule has 0 saturated carbocycles. The SMILES string of the molecule is CCCCNc1ccc(Cl)cc1C(=O)NCCc1ccc(-c2ccc(C(=O)O)cc2)cc1. The van der Waals surface area contributed by atoms with Crippen LogP contribution >= 0.6 is 11.6 Å². The zero-order chi connectivity index (χ0) is 22.9. The van der Waals surface area contributed by atoms with Crippen molar-refractivity contribution in [1.29, 1.82) is 0 Å². The highest BCUT2D eigenvalue weighted by Crippen LogP contribution is 2.22. The van der Waals surface area contributed by atoms with Crippen LogP contribution in [0.1, 0.15) is 46.0 Å². The van der Waals surface area contributed by atoms with Gasteiger partial charge in [-0.15, -0.1) is 0 Å². The van der Waals surface area contributed by atoms with E-state index in [2.05, 4.69) is 17.6 Å². The van der Waals surface area contributed by atoms with Crippen LogP contribution in [0, 0.1) is 0 Å². The smallest absolute Gasteiger partial charge is 0.335 e. The number of carbonyl (C=O) groups excluding carboxylic acids is 1. The minimum atomic E-state index is -0.935. The molecule has 0 unspecified atom stereocenters. The van der Waals surface area contributed by atoms with Gasteiger partial charge < -0.3 is 15.7 Å². The summed E-state index contributed by atoms with van der Waals surface area (Å²) in [7, 11) is 0. The molecule has 3 aromatic carbocycles. The summed E-state index contributed by atoms with van der Waals surface area (Å²) >= 11 is 6.10. The van der Waals surface area contributed by atoms with Crippen LogP contribution < -0.4 is 10.6 Å². The van der Waals surface area contributed by atoms with Gasteiger partial charge in [-0.3, -0.25) is 4.79 Å². The first kappa shape index (κ1) is 23.4. The molecule has 0 spiro atoms. The normalized spacial score (nSPS) is 10.6. The first-order valence-corrected chi connectivity index (χ1v) is 11.1. The van der Waals surface area contributed by atoms with Gasteiger partial charge in [0, 0.05) is 23.8 Å². The van der Waals surface area contributed by atoms with E-state index in [9.17, 15) is 9.59 Å². The largest absolute Gasteiger partial charge is 0.478 e. The predicted octanol–water partition coefficient (Wildman–Crippen LogP) is 5.89. The van der Waals surface area contributed by atoms with Crippen LogP contribution in [0.2, 0.25) is 5.02 Å². The topological polar surface area (TPSA) is 78.4 Å². The molecule has 5 nitrogen and oxygen atoms in total. The molecule has 166 valence electrons. The minimum Gasteiger partial charge on any atom is -0.478 e. The molecular weight excluding hydrogens is 424 g/mol. The first-order chi connectivity index (χ1) is 15.5. The Hall–Kier alpha value is -3.31. The fourth-order valence-corrected chi connectivity index (χ4v) is 3.52. The summed E-state index contributed by atoms with van der Waals surface area (Å²) in [5.41, 5.74) is 4.68. The third-order valence-corrected chi connectivity index (χ3v) is 5.43. The van der Waals surface area contributed by atoms with Gasteiger partial charge in [0.05, 0.1) is 11.1 Å². The van der Waals surface area contributed by atoms with Crippen molar-refractivity contribution in [3.63, 3.8) is 0 Å². The molecule has 0 aliphatic carbocycles. The highest BCUT2D eigenvalue weighted by atomic mass is 35.5. The average Bonchev–Trinajstić information content (AvgIpc) is 2.80. The van der Waals surface area contributed by atoms with Crippen molar-refractivity contribution >= 4 is 29.2 Å². The van der Waals surface area contributed by atoms with Crippen molar-refractivity contribution in [2.45, 2.75) is 26.2 Å². The molecule has 6 heteroatoms. The van der Waals surface area contributed by atoms with Crippen molar-refractivity contribution in [3.8, 4) is 11.1 Å². The lowest BCUT2D eigenvalue weighted by molar-refractivity contribution is 0.0696. The van der Waals surface area contributed by atoms with Crippen LogP contribution in [0.3, 0.4) is 0 Å². The van der Waals surface area contributed by atoms with E-state index in [1.54, 1.807) is 36.4 Å². The van der Waals surface area contributed by atoms with Gasteiger partial charge in [0.15, 0.2) is 0 Å². The number of hydrogen-bond donors (Lipinski definition) is 3. The van der Waals surface area contributed by atoms with Gasteiger partial charge in [-0.1, -0.05) is 61.3 Å². The zero-order valence-electron chi connectivity index (χ0n) is 18.0. The molecule has 3 rings (SSSR count). The molecule has 0 fully saturated rings. The van der Waals surface area contributed by atoms with E-state index in [0.717, 1.165) is 41.8 Å². The molecule has 0 aliphatic heterocycles. The van der Waals surface area contributed by atoms with E-state index in [4.69, 9.17) is 16.7 Å². The van der Waals surface area contributed by atoms with Crippen LogP contribution in [0.25, 0.3) is 11.1 Å². The van der Waals surface area contributed by atoms with Crippen LogP contribution in [-0.4, -0.2) is 30.1 Å². The number of halogens is 1. The molecule has 0 aliphatic rings. The molecule has 1 amide bonds. The Morgan fingerprint density at radius 1 is 0.906 bits per heavy atom. The van der Waals surface area contributed by atoms with Gasteiger partial charge in [-0.2, -0.15) is 0 Å². The number of carboxylic acid groups (broad SMARTS) is 1. The van der Waals surface area contributed by atoms with Crippen molar-refractivity contribution in [2.75, 3.05) is 18.4 Å². The number of benzene rings is 3. The van der Waals surface area contributed by atoms with Gasteiger partial charge >= 0.3 is 5.97 Å². The zero-order valence-corrected chi connectivity index (χ0v) is 18.8. The summed E-state index contributed by atoms with van der Waals surface area (Å²) in [6.45, 7) is 3.44. The Bertz CT molecular complexity index is 1060. The summed E-state index contributed by atoms with van der Waals surface area (Å²) < 4.78 is 0. The number of nitrogens with one attached hydrogen (secondary N) is 2. The fourth-order valence-electron chi connectivity index (χ4n) is 3.34. The maximum absolute atomic E-state index is 12.7. The molecule has 0 radical (unpaired) electrons. The summed E-state index contributed by atoms with van der Waals surface area (Å²) in [4.78, 5) is 23.7. The van der Waals surface area contributed by atoms with Gasteiger partial charge in [-0.25, -0.2) is 4.79 Å². The average molecular weight is 451 g/mol. The van der Waals surface area contributed by atoms with Crippen LogP contribution in [0.4, 0.5) is 5.69 Å². The Kier molecular flexibility index (Phi) is 8.28. The number of hydrogen-bond acceptors (Lipinski definition) is 3. The third kappa shape index (κ3) is 6.34. The maximum atomic E-state index is 12.7. The van der Waals surface area contributed by atoms with E-state index >= 15 is 0 Å². The molecule has 0 bridgehead atoms. The molecular formula is C26H27ClN2O3. The molecule has 0 atom stereocenters.